The van der Waals surface area contributed by atoms with E-state index < -0.39 is 5.92 Å². The lowest BCUT2D eigenvalue weighted by atomic mass is 9.83. The van der Waals surface area contributed by atoms with Crippen molar-refractivity contribution < 1.29 is 9.13 Å². The second kappa shape index (κ2) is 5.65. The summed E-state index contributed by atoms with van der Waals surface area (Å²) in [5.74, 6) is -0.381. The van der Waals surface area contributed by atoms with Gasteiger partial charge in [0, 0.05) is 37.0 Å². The molecule has 116 valence electrons. The first-order valence-electron chi connectivity index (χ1n) is 7.16. The second-order valence-electron chi connectivity index (χ2n) is 5.56. The molecule has 5 heteroatoms. The van der Waals surface area contributed by atoms with E-state index in [0.717, 1.165) is 11.3 Å². The van der Waals surface area contributed by atoms with Crippen LogP contribution in [0.25, 0.3) is 0 Å². The molecule has 23 heavy (non-hydrogen) atoms. The largest absolute Gasteiger partial charge is 0.440 e. The molecule has 1 heterocycles. The fraction of sp³-hybridized carbons (Fsp3) is 0.167. The molecular formula is C18H16FN3O. The van der Waals surface area contributed by atoms with E-state index in [2.05, 4.69) is 6.07 Å². The Bertz CT molecular complexity index is 836. The van der Waals surface area contributed by atoms with Gasteiger partial charge >= 0.3 is 0 Å². The Labute approximate surface area is 134 Å². The Kier molecular flexibility index (Phi) is 3.67. The number of halogens is 1. The molecule has 2 N–H and O–H groups in total. The Morgan fingerprint density at radius 3 is 2.57 bits per heavy atom. The molecule has 1 aliphatic heterocycles. The van der Waals surface area contributed by atoms with Crippen LogP contribution in [-0.2, 0) is 0 Å². The topological polar surface area (TPSA) is 62.3 Å². The van der Waals surface area contributed by atoms with E-state index in [0.29, 0.717) is 11.3 Å². The Morgan fingerprint density at radius 2 is 1.91 bits per heavy atom. The lowest BCUT2D eigenvalue weighted by Crippen LogP contribution is -2.22. The zero-order valence-electron chi connectivity index (χ0n) is 12.9. The van der Waals surface area contributed by atoms with E-state index in [9.17, 15) is 9.65 Å². The number of rotatable bonds is 2. The van der Waals surface area contributed by atoms with Crippen LogP contribution in [0.1, 0.15) is 17.0 Å². The first kappa shape index (κ1) is 14.9. The van der Waals surface area contributed by atoms with Gasteiger partial charge in [0.15, 0.2) is 0 Å². The summed E-state index contributed by atoms with van der Waals surface area (Å²) in [6, 6.07) is 14.1. The highest BCUT2D eigenvalue weighted by atomic mass is 19.1. The van der Waals surface area contributed by atoms with Gasteiger partial charge in [-0.25, -0.2) is 4.39 Å². The number of benzene rings is 2. The van der Waals surface area contributed by atoms with E-state index in [-0.39, 0.29) is 17.3 Å². The quantitative estimate of drug-likeness (QED) is 0.926. The van der Waals surface area contributed by atoms with Crippen molar-refractivity contribution in [3.63, 3.8) is 0 Å². The van der Waals surface area contributed by atoms with Crippen molar-refractivity contribution >= 4 is 5.69 Å². The van der Waals surface area contributed by atoms with Gasteiger partial charge in [-0.1, -0.05) is 24.3 Å². The molecule has 0 aromatic heterocycles. The van der Waals surface area contributed by atoms with E-state index in [1.54, 1.807) is 18.2 Å². The molecule has 1 aliphatic rings. The Morgan fingerprint density at radius 1 is 1.17 bits per heavy atom. The number of nitrogens with two attached hydrogens (primary N) is 1. The lowest BCUT2D eigenvalue weighted by molar-refractivity contribution is 0.392. The molecular weight excluding hydrogens is 293 g/mol. The highest BCUT2D eigenvalue weighted by Crippen LogP contribution is 2.43. The summed E-state index contributed by atoms with van der Waals surface area (Å²) >= 11 is 0. The SMILES string of the molecule is CN(C)c1ccc2c(c1)OC(N)=C(C#N)C2c1ccccc1F. The third-order valence-electron chi connectivity index (χ3n) is 3.94. The number of ether oxygens (including phenoxy) is 1. The minimum Gasteiger partial charge on any atom is -0.440 e. The molecule has 0 saturated heterocycles. The highest BCUT2D eigenvalue weighted by molar-refractivity contribution is 5.61. The molecule has 0 spiro atoms. The van der Waals surface area contributed by atoms with Gasteiger partial charge in [-0.05, 0) is 12.1 Å². The number of anilines is 1. The van der Waals surface area contributed by atoms with Crippen LogP contribution in [0.15, 0.2) is 53.9 Å². The molecule has 0 radical (unpaired) electrons. The first-order chi connectivity index (χ1) is 11.0. The smallest absolute Gasteiger partial charge is 0.205 e. The number of hydrogen-bond donors (Lipinski definition) is 1. The first-order valence-corrected chi connectivity index (χ1v) is 7.16. The fourth-order valence-corrected chi connectivity index (χ4v) is 2.75. The number of nitrogens with zero attached hydrogens (tertiary/aromatic N) is 2. The molecule has 0 amide bonds. The van der Waals surface area contributed by atoms with E-state index in [4.69, 9.17) is 10.5 Å². The minimum atomic E-state index is -0.568. The van der Waals surface area contributed by atoms with Crippen molar-refractivity contribution in [3.8, 4) is 11.8 Å². The highest BCUT2D eigenvalue weighted by Gasteiger charge is 2.32. The van der Waals surface area contributed by atoms with Crippen molar-refractivity contribution in [1.82, 2.24) is 0 Å². The predicted molar refractivity (Wildman–Crippen MR) is 86.5 cm³/mol. The fourth-order valence-electron chi connectivity index (χ4n) is 2.75. The van der Waals surface area contributed by atoms with Crippen LogP contribution in [0.2, 0.25) is 0 Å². The van der Waals surface area contributed by atoms with Gasteiger partial charge < -0.3 is 15.4 Å². The van der Waals surface area contributed by atoms with Gasteiger partial charge in [-0.2, -0.15) is 5.26 Å². The second-order valence-corrected chi connectivity index (χ2v) is 5.56. The third-order valence-corrected chi connectivity index (χ3v) is 3.94. The summed E-state index contributed by atoms with van der Waals surface area (Å²) in [6.45, 7) is 0. The van der Waals surface area contributed by atoms with Crippen LogP contribution < -0.4 is 15.4 Å². The number of hydrogen-bond acceptors (Lipinski definition) is 4. The zero-order chi connectivity index (χ0) is 16.6. The van der Waals surface area contributed by atoms with E-state index in [1.807, 2.05) is 37.2 Å². The molecule has 4 nitrogen and oxygen atoms in total. The molecule has 2 aromatic rings. The van der Waals surface area contributed by atoms with Crippen molar-refractivity contribution in [1.29, 1.82) is 5.26 Å². The van der Waals surface area contributed by atoms with E-state index in [1.165, 1.54) is 6.07 Å². The van der Waals surface area contributed by atoms with Gasteiger partial charge in [0.25, 0.3) is 0 Å². The van der Waals surface area contributed by atoms with Crippen LogP contribution >= 0.6 is 0 Å². The standard InChI is InChI=1S/C18H16FN3O/c1-22(2)11-7-8-13-16(9-11)23-18(21)14(10-20)17(13)12-5-3-4-6-15(12)19/h3-9,17H,21H2,1-2H3. The van der Waals surface area contributed by atoms with Crippen molar-refractivity contribution in [2.24, 2.45) is 5.73 Å². The van der Waals surface area contributed by atoms with Crippen molar-refractivity contribution in [3.05, 3.63) is 70.9 Å². The van der Waals surface area contributed by atoms with Gasteiger partial charge in [0.1, 0.15) is 23.2 Å². The molecule has 0 bridgehead atoms. The third kappa shape index (κ3) is 2.49. The Balaban J connectivity index is 2.22. The monoisotopic (exact) mass is 309 g/mol. The van der Waals surface area contributed by atoms with Gasteiger partial charge in [-0.15, -0.1) is 0 Å². The maximum atomic E-state index is 14.3. The van der Waals surface area contributed by atoms with E-state index >= 15 is 0 Å². The lowest BCUT2D eigenvalue weighted by Gasteiger charge is -2.27. The summed E-state index contributed by atoms with van der Waals surface area (Å²) < 4.78 is 19.9. The van der Waals surface area contributed by atoms with Crippen molar-refractivity contribution in [2.75, 3.05) is 19.0 Å². The summed E-state index contributed by atoms with van der Waals surface area (Å²) in [5.41, 5.74) is 8.20. The normalized spacial score (nSPS) is 16.3. The summed E-state index contributed by atoms with van der Waals surface area (Å²) in [5, 5.41) is 9.45. The molecule has 1 unspecified atom stereocenters. The van der Waals surface area contributed by atoms with Crippen LogP contribution in [0.4, 0.5) is 10.1 Å². The summed E-state index contributed by atoms with van der Waals surface area (Å²) in [6.07, 6.45) is 0. The van der Waals surface area contributed by atoms with Crippen LogP contribution in [0.5, 0.6) is 5.75 Å². The summed E-state index contributed by atoms with van der Waals surface area (Å²) in [7, 11) is 3.83. The molecule has 0 aliphatic carbocycles. The minimum absolute atomic E-state index is 0.0177. The summed E-state index contributed by atoms with van der Waals surface area (Å²) in [4.78, 5) is 1.93. The number of fused-ring (bicyclic) bond motifs is 1. The average molecular weight is 309 g/mol. The maximum Gasteiger partial charge on any atom is 0.205 e. The van der Waals surface area contributed by atoms with Crippen LogP contribution in [0, 0.1) is 17.1 Å². The Hall–Kier alpha value is -3.00. The molecule has 1 atom stereocenters. The molecule has 2 aromatic carbocycles. The van der Waals surface area contributed by atoms with Crippen molar-refractivity contribution in [2.45, 2.75) is 5.92 Å². The molecule has 0 saturated carbocycles. The maximum absolute atomic E-state index is 14.3. The average Bonchev–Trinajstić information content (AvgIpc) is 2.53. The predicted octanol–water partition coefficient (Wildman–Crippen LogP) is 3.11. The number of nitriles is 1. The van der Waals surface area contributed by atoms with Gasteiger partial charge in [-0.3, -0.25) is 0 Å². The molecule has 0 fully saturated rings. The number of allylic oxidation sites excluding steroid dienone is 1. The zero-order valence-corrected chi connectivity index (χ0v) is 12.9. The molecule has 3 rings (SSSR count). The van der Waals surface area contributed by atoms with Crippen LogP contribution in [-0.4, -0.2) is 14.1 Å². The van der Waals surface area contributed by atoms with Gasteiger partial charge in [0.2, 0.25) is 5.88 Å². The van der Waals surface area contributed by atoms with Gasteiger partial charge in [0.05, 0.1) is 5.92 Å². The van der Waals surface area contributed by atoms with Crippen LogP contribution in [0.3, 0.4) is 0 Å².